The van der Waals surface area contributed by atoms with Crippen LogP contribution in [0.5, 0.6) is 0 Å². The first-order chi connectivity index (χ1) is 9.11. The maximum atomic E-state index is 11.0. The number of rotatable bonds is 4. The molecule has 6 heteroatoms. The minimum Gasteiger partial charge on any atom is -0.477 e. The number of hydrogen-bond acceptors (Lipinski definition) is 4. The molecule has 0 saturated carbocycles. The molecule has 2 rings (SSSR count). The lowest BCUT2D eigenvalue weighted by Gasteiger charge is -2.08. The van der Waals surface area contributed by atoms with Crippen molar-refractivity contribution in [1.82, 2.24) is 0 Å². The Morgan fingerprint density at radius 3 is 2.95 bits per heavy atom. The van der Waals surface area contributed by atoms with Gasteiger partial charge in [-0.2, -0.15) is 5.26 Å². The van der Waals surface area contributed by atoms with E-state index in [1.165, 1.54) is 11.3 Å². The van der Waals surface area contributed by atoms with Crippen molar-refractivity contribution in [3.05, 3.63) is 50.1 Å². The van der Waals surface area contributed by atoms with Crippen molar-refractivity contribution in [2.45, 2.75) is 6.54 Å². The third-order valence-electron chi connectivity index (χ3n) is 2.51. The van der Waals surface area contributed by atoms with Crippen LogP contribution in [0.2, 0.25) is 0 Å². The second-order valence-electron chi connectivity index (χ2n) is 3.74. The highest BCUT2D eigenvalue weighted by Crippen LogP contribution is 2.22. The summed E-state index contributed by atoms with van der Waals surface area (Å²) in [5.41, 5.74) is 1.92. The molecule has 0 bridgehead atoms. The Kier molecular flexibility index (Phi) is 4.20. The topological polar surface area (TPSA) is 73.1 Å². The van der Waals surface area contributed by atoms with Crippen molar-refractivity contribution in [3.8, 4) is 6.07 Å². The zero-order valence-electron chi connectivity index (χ0n) is 9.68. The number of carboxylic acid groups (broad SMARTS) is 1. The zero-order chi connectivity index (χ0) is 13.8. The van der Waals surface area contributed by atoms with E-state index >= 15 is 0 Å². The van der Waals surface area contributed by atoms with Crippen molar-refractivity contribution < 1.29 is 9.90 Å². The average molecular weight is 337 g/mol. The Morgan fingerprint density at radius 2 is 2.26 bits per heavy atom. The molecule has 0 saturated heterocycles. The number of carboxylic acids is 1. The first-order valence-corrected chi connectivity index (χ1v) is 7.02. The molecule has 2 N–H and O–H groups in total. The number of aromatic carboxylic acids is 1. The zero-order valence-corrected chi connectivity index (χ0v) is 12.1. The van der Waals surface area contributed by atoms with Crippen molar-refractivity contribution in [2.24, 2.45) is 0 Å². The Labute approximate surface area is 122 Å². The lowest BCUT2D eigenvalue weighted by Crippen LogP contribution is -2.05. The fraction of sp³-hybridized carbons (Fsp3) is 0.0769. The largest absolute Gasteiger partial charge is 0.477 e. The molecule has 0 atom stereocenters. The summed E-state index contributed by atoms with van der Waals surface area (Å²) < 4.78 is 0.830. The molecule has 4 nitrogen and oxygen atoms in total. The molecule has 0 amide bonds. The maximum absolute atomic E-state index is 11.0. The standard InChI is InChI=1S/C13H9BrN2O2S/c14-10-1-2-11(9(5-10)6-15)16-7-8-3-4-19-12(8)13(17)18/h1-5,16H,7H2,(H,17,18). The van der Waals surface area contributed by atoms with Gasteiger partial charge >= 0.3 is 5.97 Å². The van der Waals surface area contributed by atoms with E-state index in [1.807, 2.05) is 6.07 Å². The van der Waals surface area contributed by atoms with E-state index in [1.54, 1.807) is 23.6 Å². The number of anilines is 1. The summed E-state index contributed by atoms with van der Waals surface area (Å²) in [5.74, 6) is -0.928. The smallest absolute Gasteiger partial charge is 0.346 e. The number of nitriles is 1. The van der Waals surface area contributed by atoms with Gasteiger partial charge in [0.2, 0.25) is 0 Å². The van der Waals surface area contributed by atoms with Crippen LogP contribution in [-0.4, -0.2) is 11.1 Å². The van der Waals surface area contributed by atoms with Crippen LogP contribution >= 0.6 is 27.3 Å². The summed E-state index contributed by atoms with van der Waals surface area (Å²) in [7, 11) is 0. The number of thiophene rings is 1. The molecule has 1 heterocycles. The van der Waals surface area contributed by atoms with Gasteiger partial charge in [0.25, 0.3) is 0 Å². The number of benzene rings is 1. The van der Waals surface area contributed by atoms with Crippen LogP contribution < -0.4 is 5.32 Å². The molecule has 0 unspecified atom stereocenters. The molecule has 96 valence electrons. The van der Waals surface area contributed by atoms with E-state index in [2.05, 4.69) is 27.3 Å². The molecule has 2 aromatic rings. The Hall–Kier alpha value is -1.84. The first kappa shape index (κ1) is 13.6. The Balaban J connectivity index is 2.17. The van der Waals surface area contributed by atoms with Crippen LogP contribution in [0.3, 0.4) is 0 Å². The van der Waals surface area contributed by atoms with Crippen LogP contribution in [0.25, 0.3) is 0 Å². The third kappa shape index (κ3) is 3.13. The number of carbonyl (C=O) groups is 1. The van der Waals surface area contributed by atoms with E-state index in [9.17, 15) is 4.79 Å². The number of nitrogens with one attached hydrogen (secondary N) is 1. The number of halogens is 1. The highest BCUT2D eigenvalue weighted by molar-refractivity contribution is 9.10. The van der Waals surface area contributed by atoms with E-state index in [-0.39, 0.29) is 0 Å². The molecule has 0 aliphatic heterocycles. The van der Waals surface area contributed by atoms with E-state index in [0.29, 0.717) is 28.2 Å². The van der Waals surface area contributed by atoms with Crippen molar-refractivity contribution in [1.29, 1.82) is 5.26 Å². The van der Waals surface area contributed by atoms with Crippen molar-refractivity contribution in [3.63, 3.8) is 0 Å². The van der Waals surface area contributed by atoms with Gasteiger partial charge in [0.15, 0.2) is 0 Å². The molecular formula is C13H9BrN2O2S. The summed E-state index contributed by atoms with van der Waals surface area (Å²) >= 11 is 4.50. The SMILES string of the molecule is N#Cc1cc(Br)ccc1NCc1ccsc1C(=O)O. The highest BCUT2D eigenvalue weighted by atomic mass is 79.9. The average Bonchev–Trinajstić information content (AvgIpc) is 2.85. The van der Waals surface area contributed by atoms with Gasteiger partial charge in [0, 0.05) is 11.0 Å². The van der Waals surface area contributed by atoms with Gasteiger partial charge in [-0.25, -0.2) is 4.79 Å². The lowest BCUT2D eigenvalue weighted by atomic mass is 10.2. The van der Waals surface area contributed by atoms with Gasteiger partial charge in [-0.1, -0.05) is 15.9 Å². The quantitative estimate of drug-likeness (QED) is 0.892. The van der Waals surface area contributed by atoms with Crippen LogP contribution in [0.1, 0.15) is 20.8 Å². The minimum absolute atomic E-state index is 0.322. The van der Waals surface area contributed by atoms with Crippen molar-refractivity contribution in [2.75, 3.05) is 5.32 Å². The second kappa shape index (κ2) is 5.87. The van der Waals surface area contributed by atoms with Gasteiger partial charge in [-0.3, -0.25) is 0 Å². The molecule has 0 spiro atoms. The summed E-state index contributed by atoms with van der Waals surface area (Å²) in [4.78, 5) is 11.3. The molecular weight excluding hydrogens is 328 g/mol. The van der Waals surface area contributed by atoms with Gasteiger partial charge in [-0.05, 0) is 35.2 Å². The van der Waals surface area contributed by atoms with Crippen LogP contribution in [-0.2, 0) is 6.54 Å². The summed E-state index contributed by atoms with van der Waals surface area (Å²) in [6.45, 7) is 0.376. The maximum Gasteiger partial charge on any atom is 0.346 e. The summed E-state index contributed by atoms with van der Waals surface area (Å²) in [6, 6.07) is 9.20. The molecule has 19 heavy (non-hydrogen) atoms. The predicted octanol–water partition coefficient (Wildman–Crippen LogP) is 3.69. The van der Waals surface area contributed by atoms with Gasteiger partial charge in [-0.15, -0.1) is 11.3 Å². The summed E-state index contributed by atoms with van der Waals surface area (Å²) in [5, 5.41) is 22.9. The molecule has 0 fully saturated rings. The Bertz CT molecular complexity index is 661. The monoisotopic (exact) mass is 336 g/mol. The molecule has 0 radical (unpaired) electrons. The molecule has 1 aromatic carbocycles. The number of hydrogen-bond donors (Lipinski definition) is 2. The van der Waals surface area contributed by atoms with Crippen LogP contribution in [0, 0.1) is 11.3 Å². The van der Waals surface area contributed by atoms with E-state index in [0.717, 1.165) is 4.47 Å². The van der Waals surface area contributed by atoms with Gasteiger partial charge in [0.1, 0.15) is 10.9 Å². The molecule has 0 aliphatic carbocycles. The van der Waals surface area contributed by atoms with Crippen LogP contribution in [0.15, 0.2) is 34.1 Å². The number of nitrogens with zero attached hydrogens (tertiary/aromatic N) is 1. The fourth-order valence-corrected chi connectivity index (χ4v) is 2.74. The predicted molar refractivity (Wildman–Crippen MR) is 77.5 cm³/mol. The van der Waals surface area contributed by atoms with E-state index in [4.69, 9.17) is 10.4 Å². The minimum atomic E-state index is -0.928. The van der Waals surface area contributed by atoms with E-state index < -0.39 is 5.97 Å². The first-order valence-electron chi connectivity index (χ1n) is 5.35. The van der Waals surface area contributed by atoms with Crippen LogP contribution in [0.4, 0.5) is 5.69 Å². The normalized spacial score (nSPS) is 9.89. The van der Waals surface area contributed by atoms with Gasteiger partial charge in [0.05, 0.1) is 11.3 Å². The second-order valence-corrected chi connectivity index (χ2v) is 5.57. The highest BCUT2D eigenvalue weighted by Gasteiger charge is 2.11. The fourth-order valence-electron chi connectivity index (χ4n) is 1.62. The molecule has 0 aliphatic rings. The molecule has 1 aromatic heterocycles. The van der Waals surface area contributed by atoms with Crippen molar-refractivity contribution >= 4 is 38.9 Å². The lowest BCUT2D eigenvalue weighted by molar-refractivity contribution is 0.0701. The third-order valence-corrected chi connectivity index (χ3v) is 3.95. The van der Waals surface area contributed by atoms with Gasteiger partial charge < -0.3 is 10.4 Å². The summed E-state index contributed by atoms with van der Waals surface area (Å²) in [6.07, 6.45) is 0. The Morgan fingerprint density at radius 1 is 1.47 bits per heavy atom.